The minimum Gasteiger partial charge on any atom is -0.462 e. The highest BCUT2D eigenvalue weighted by atomic mass is 16.5. The SMILES string of the molecule is CCCC1CCC(OC(=O)[C@H]2CC[C@@](C)(CCC)CC2)CC1. The third kappa shape index (κ3) is 4.99. The van der Waals surface area contributed by atoms with Crippen molar-refractivity contribution in [1.29, 1.82) is 0 Å². The van der Waals surface area contributed by atoms with Crippen LogP contribution in [-0.4, -0.2) is 12.1 Å². The van der Waals surface area contributed by atoms with E-state index in [9.17, 15) is 4.79 Å². The van der Waals surface area contributed by atoms with Crippen molar-refractivity contribution in [3.63, 3.8) is 0 Å². The molecule has 2 fully saturated rings. The summed E-state index contributed by atoms with van der Waals surface area (Å²) < 4.78 is 5.85. The number of hydrogen-bond donors (Lipinski definition) is 0. The Morgan fingerprint density at radius 2 is 1.64 bits per heavy atom. The van der Waals surface area contributed by atoms with Gasteiger partial charge < -0.3 is 4.74 Å². The van der Waals surface area contributed by atoms with Crippen LogP contribution in [0.5, 0.6) is 0 Å². The van der Waals surface area contributed by atoms with E-state index in [1.165, 1.54) is 51.4 Å². The van der Waals surface area contributed by atoms with Gasteiger partial charge in [0.05, 0.1) is 5.92 Å². The Balaban J connectivity index is 1.70. The standard InChI is InChI=1S/C20H36O2/c1-4-6-16-7-9-18(10-8-16)22-19(21)17-11-14-20(3,13-5-2)15-12-17/h16-18H,4-15H2,1-3H3/t16?,17-,18?,20+. The van der Waals surface area contributed by atoms with Crippen LogP contribution in [-0.2, 0) is 9.53 Å². The molecule has 2 rings (SSSR count). The molecule has 0 spiro atoms. The van der Waals surface area contributed by atoms with Gasteiger partial charge in [0.1, 0.15) is 6.10 Å². The van der Waals surface area contributed by atoms with Gasteiger partial charge in [0.15, 0.2) is 0 Å². The number of carbonyl (C=O) groups is 1. The van der Waals surface area contributed by atoms with Gasteiger partial charge in [-0.2, -0.15) is 0 Å². The molecule has 0 N–H and O–H groups in total. The Morgan fingerprint density at radius 1 is 1.00 bits per heavy atom. The first kappa shape index (κ1) is 17.8. The zero-order valence-corrected chi connectivity index (χ0v) is 15.0. The first-order chi connectivity index (χ1) is 10.6. The van der Waals surface area contributed by atoms with Crippen LogP contribution in [0, 0.1) is 17.3 Å². The van der Waals surface area contributed by atoms with Crippen molar-refractivity contribution < 1.29 is 9.53 Å². The Morgan fingerprint density at radius 3 is 2.18 bits per heavy atom. The van der Waals surface area contributed by atoms with Gasteiger partial charge >= 0.3 is 5.97 Å². The molecule has 0 amide bonds. The molecule has 0 aromatic heterocycles. The van der Waals surface area contributed by atoms with Crippen LogP contribution >= 0.6 is 0 Å². The molecule has 0 heterocycles. The molecule has 2 saturated carbocycles. The fraction of sp³-hybridized carbons (Fsp3) is 0.950. The predicted molar refractivity (Wildman–Crippen MR) is 91.7 cm³/mol. The van der Waals surface area contributed by atoms with Gasteiger partial charge in [0.2, 0.25) is 0 Å². The van der Waals surface area contributed by atoms with Gasteiger partial charge in [-0.25, -0.2) is 0 Å². The molecule has 2 heteroatoms. The Bertz CT molecular complexity index is 334. The Hall–Kier alpha value is -0.530. The zero-order valence-electron chi connectivity index (χ0n) is 15.0. The van der Waals surface area contributed by atoms with Crippen LogP contribution in [0.25, 0.3) is 0 Å². The van der Waals surface area contributed by atoms with Crippen molar-refractivity contribution in [2.24, 2.45) is 17.3 Å². The second-order valence-corrected chi connectivity index (χ2v) is 8.20. The minimum atomic E-state index is 0.109. The summed E-state index contributed by atoms with van der Waals surface area (Å²) in [7, 11) is 0. The van der Waals surface area contributed by atoms with Crippen LogP contribution in [0.3, 0.4) is 0 Å². The highest BCUT2D eigenvalue weighted by Gasteiger charge is 2.35. The molecule has 2 aliphatic rings. The molecule has 0 aromatic carbocycles. The largest absolute Gasteiger partial charge is 0.462 e. The molecule has 2 aliphatic carbocycles. The zero-order chi connectivity index (χ0) is 16.0. The van der Waals surface area contributed by atoms with E-state index in [2.05, 4.69) is 20.8 Å². The highest BCUT2D eigenvalue weighted by Crippen LogP contribution is 2.42. The number of ether oxygens (including phenoxy) is 1. The average Bonchev–Trinajstić information content (AvgIpc) is 2.50. The molecular weight excluding hydrogens is 272 g/mol. The Labute approximate surface area is 137 Å². The maximum absolute atomic E-state index is 12.4. The summed E-state index contributed by atoms with van der Waals surface area (Å²) in [6.07, 6.45) is 14.6. The summed E-state index contributed by atoms with van der Waals surface area (Å²) in [5.41, 5.74) is 0.476. The van der Waals surface area contributed by atoms with Crippen LogP contribution in [0.1, 0.15) is 97.8 Å². The van der Waals surface area contributed by atoms with E-state index in [4.69, 9.17) is 4.74 Å². The second kappa shape index (κ2) is 8.36. The van der Waals surface area contributed by atoms with E-state index in [1.54, 1.807) is 0 Å². The molecule has 0 unspecified atom stereocenters. The van der Waals surface area contributed by atoms with Gasteiger partial charge in [0.25, 0.3) is 0 Å². The van der Waals surface area contributed by atoms with E-state index in [0.29, 0.717) is 5.41 Å². The summed E-state index contributed by atoms with van der Waals surface area (Å²) in [4.78, 5) is 12.4. The van der Waals surface area contributed by atoms with Gasteiger partial charge in [-0.3, -0.25) is 4.79 Å². The van der Waals surface area contributed by atoms with Crippen molar-refractivity contribution in [2.45, 2.75) is 104 Å². The summed E-state index contributed by atoms with van der Waals surface area (Å²) in [5.74, 6) is 1.17. The normalized spacial score (nSPS) is 36.0. The lowest BCUT2D eigenvalue weighted by Gasteiger charge is -2.37. The molecule has 0 aliphatic heterocycles. The smallest absolute Gasteiger partial charge is 0.309 e. The minimum absolute atomic E-state index is 0.109. The molecule has 0 atom stereocenters. The van der Waals surface area contributed by atoms with E-state index >= 15 is 0 Å². The third-order valence-corrected chi connectivity index (χ3v) is 6.15. The van der Waals surface area contributed by atoms with Crippen LogP contribution in [0.4, 0.5) is 0 Å². The molecule has 0 aromatic rings. The average molecular weight is 309 g/mol. The number of rotatable bonds is 6. The lowest BCUT2D eigenvalue weighted by atomic mass is 9.69. The molecule has 2 nitrogen and oxygen atoms in total. The summed E-state index contributed by atoms with van der Waals surface area (Å²) >= 11 is 0. The summed E-state index contributed by atoms with van der Waals surface area (Å²) in [6, 6.07) is 0. The predicted octanol–water partition coefficient (Wildman–Crippen LogP) is 5.89. The monoisotopic (exact) mass is 308 g/mol. The summed E-state index contributed by atoms with van der Waals surface area (Å²) in [5, 5.41) is 0. The van der Waals surface area contributed by atoms with E-state index in [-0.39, 0.29) is 18.0 Å². The topological polar surface area (TPSA) is 26.3 Å². The Kier molecular flexibility index (Phi) is 6.77. The van der Waals surface area contributed by atoms with Crippen LogP contribution in [0.2, 0.25) is 0 Å². The van der Waals surface area contributed by atoms with E-state index in [0.717, 1.165) is 31.6 Å². The fourth-order valence-corrected chi connectivity index (χ4v) is 4.61. The van der Waals surface area contributed by atoms with Crippen molar-refractivity contribution in [1.82, 2.24) is 0 Å². The van der Waals surface area contributed by atoms with Crippen molar-refractivity contribution >= 4 is 5.97 Å². The first-order valence-corrected chi connectivity index (χ1v) is 9.77. The summed E-state index contributed by atoms with van der Waals surface area (Å²) in [6.45, 7) is 6.93. The maximum Gasteiger partial charge on any atom is 0.309 e. The lowest BCUT2D eigenvalue weighted by molar-refractivity contribution is -0.158. The second-order valence-electron chi connectivity index (χ2n) is 8.20. The van der Waals surface area contributed by atoms with Crippen LogP contribution in [0.15, 0.2) is 0 Å². The van der Waals surface area contributed by atoms with Crippen molar-refractivity contribution in [3.05, 3.63) is 0 Å². The molecule has 0 bridgehead atoms. The molecule has 0 saturated heterocycles. The molecular formula is C20H36O2. The van der Waals surface area contributed by atoms with Crippen molar-refractivity contribution in [2.75, 3.05) is 0 Å². The maximum atomic E-state index is 12.4. The molecule has 22 heavy (non-hydrogen) atoms. The van der Waals surface area contributed by atoms with Gasteiger partial charge in [-0.05, 0) is 69.1 Å². The van der Waals surface area contributed by atoms with E-state index < -0.39 is 0 Å². The van der Waals surface area contributed by atoms with Crippen molar-refractivity contribution in [3.8, 4) is 0 Å². The van der Waals surface area contributed by atoms with Gasteiger partial charge in [0, 0.05) is 0 Å². The third-order valence-electron chi connectivity index (χ3n) is 6.15. The molecule has 0 radical (unpaired) electrons. The number of carbonyl (C=O) groups excluding carboxylic acids is 1. The van der Waals surface area contributed by atoms with Gasteiger partial charge in [-0.1, -0.05) is 40.0 Å². The first-order valence-electron chi connectivity index (χ1n) is 9.77. The number of esters is 1. The fourth-order valence-electron chi connectivity index (χ4n) is 4.61. The lowest BCUT2D eigenvalue weighted by Crippen LogP contribution is -2.32. The quantitative estimate of drug-likeness (QED) is 0.572. The number of hydrogen-bond acceptors (Lipinski definition) is 2. The van der Waals surface area contributed by atoms with E-state index in [1.807, 2.05) is 0 Å². The van der Waals surface area contributed by atoms with Gasteiger partial charge in [-0.15, -0.1) is 0 Å². The van der Waals surface area contributed by atoms with Crippen LogP contribution < -0.4 is 0 Å². The molecule has 128 valence electrons. The highest BCUT2D eigenvalue weighted by molar-refractivity contribution is 5.72.